The summed E-state index contributed by atoms with van der Waals surface area (Å²) >= 11 is 0. The average Bonchev–Trinajstić information content (AvgIpc) is 0.748. The second kappa shape index (κ2) is 23.6. The van der Waals surface area contributed by atoms with E-state index in [0.717, 1.165) is 0 Å². The molecule has 0 radical (unpaired) electrons. The quantitative estimate of drug-likeness (QED) is 0.00975. The van der Waals surface area contributed by atoms with Crippen molar-refractivity contribution in [3.63, 3.8) is 0 Å². The lowest BCUT2D eigenvalue weighted by atomic mass is 9.43. The number of Topliss-reactive ketones (excluding diaryl/α,β-unsaturated/α-hetero) is 1. The Balaban J connectivity index is 1.08. The third kappa shape index (κ3) is 11.3. The first-order chi connectivity index (χ1) is 39.5. The second-order valence-electron chi connectivity index (χ2n) is 22.3. The van der Waals surface area contributed by atoms with Crippen molar-refractivity contribution in [2.75, 3.05) is 30.7 Å². The Bertz CT molecular complexity index is 3390. The number of nitrogen functional groups attached to an aromatic ring is 1. The second-order valence-corrected chi connectivity index (χ2v) is 22.3. The van der Waals surface area contributed by atoms with Crippen LogP contribution >= 0.6 is 0 Å². The number of aliphatic imine (C=N–C) groups is 2. The van der Waals surface area contributed by atoms with Crippen molar-refractivity contribution in [1.29, 1.82) is 0 Å². The van der Waals surface area contributed by atoms with Crippen LogP contribution in [0.15, 0.2) is 149 Å². The van der Waals surface area contributed by atoms with Crippen LogP contribution < -0.4 is 16.4 Å². The van der Waals surface area contributed by atoms with Crippen LogP contribution in [0.1, 0.15) is 97.8 Å². The summed E-state index contributed by atoms with van der Waals surface area (Å²) < 4.78 is 31.2. The number of hydrogen-bond donors (Lipinski definition) is 7. The lowest BCUT2D eigenvalue weighted by molar-refractivity contribution is -0.345. The smallest absolute Gasteiger partial charge is 0.412 e. The van der Waals surface area contributed by atoms with Crippen molar-refractivity contribution in [3.05, 3.63) is 166 Å². The summed E-state index contributed by atoms with van der Waals surface area (Å²) in [5.41, 5.74) is 0.816. The van der Waals surface area contributed by atoms with E-state index in [1.54, 1.807) is 119 Å². The number of fused-ring (bicyclic) bond motifs is 5. The number of hydrogen-bond acceptors (Lipinski definition) is 18. The van der Waals surface area contributed by atoms with E-state index in [2.05, 4.69) is 20.6 Å². The first-order valence-corrected chi connectivity index (χ1v) is 27.2. The van der Waals surface area contributed by atoms with Gasteiger partial charge in [0.2, 0.25) is 6.10 Å². The summed E-state index contributed by atoms with van der Waals surface area (Å²) in [5.74, 6) is -6.82. The Morgan fingerprint density at radius 2 is 1.41 bits per heavy atom. The van der Waals surface area contributed by atoms with Crippen molar-refractivity contribution >= 4 is 59.5 Å². The van der Waals surface area contributed by atoms with Crippen molar-refractivity contribution < 1.29 is 72.9 Å². The normalized spacial score (nSPS) is 26.9. The molecule has 0 aromatic heterocycles. The molecule has 3 unspecified atom stereocenters. The standard InChI is InChI=1S/C63H67N5O15/c1-35-47(31-63(78)55(82-57(75)40-20-14-9-15-21-40)53-61(6,54(73)36(2)50(35)60(63,4)5)48(72)30-49-62(53,34-79-49)83-37(3)69)80-58(76)52(51(38-16-10-7-11-17-38)68-56(74)39-18-12-8-13-19-39)81-59(77)67-44-23-25-46(71)42(29-44)33-66-27-26-65-32-41-28-43(64)22-24-45(41)70/h7-25,28-29,32-33,36,47-49,51-53,55,70-72,78H,26-27,30-31,34,64H2,1-6H3,(H,67,77)(H,68,74)/t36?,47-,48-,49+,51-,52+,53?,55?,61+,62-,63+/m0/s1. The third-order valence-corrected chi connectivity index (χ3v) is 16.9. The topological polar surface area (TPSA) is 304 Å². The number of amides is 2. The fraction of sp³-hybridized carbons (Fsp3) is 0.365. The van der Waals surface area contributed by atoms with Crippen LogP contribution in [0.2, 0.25) is 0 Å². The highest BCUT2D eigenvalue weighted by molar-refractivity contribution is 5.96. The number of rotatable bonds is 16. The maximum Gasteiger partial charge on any atom is 0.412 e. The highest BCUT2D eigenvalue weighted by atomic mass is 16.6. The van der Waals surface area contributed by atoms with Crippen LogP contribution in [0.25, 0.3) is 0 Å². The molecule has 83 heavy (non-hydrogen) atoms. The number of ketones is 1. The molecule has 3 aliphatic carbocycles. The zero-order chi connectivity index (χ0) is 59.6. The van der Waals surface area contributed by atoms with E-state index in [1.807, 2.05) is 0 Å². The summed E-state index contributed by atoms with van der Waals surface area (Å²) in [5, 5.41) is 52.6. The van der Waals surface area contributed by atoms with Gasteiger partial charge in [0.15, 0.2) is 5.60 Å². The monoisotopic (exact) mass is 1130 g/mol. The van der Waals surface area contributed by atoms with Gasteiger partial charge in [0.25, 0.3) is 5.91 Å². The van der Waals surface area contributed by atoms with Gasteiger partial charge in [-0.2, -0.15) is 0 Å². The minimum atomic E-state index is -2.33. The van der Waals surface area contributed by atoms with E-state index in [0.29, 0.717) is 28.0 Å². The van der Waals surface area contributed by atoms with E-state index in [1.165, 1.54) is 62.7 Å². The third-order valence-electron chi connectivity index (χ3n) is 16.9. The van der Waals surface area contributed by atoms with Gasteiger partial charge in [0.1, 0.15) is 47.2 Å². The number of esters is 3. The molecule has 2 bridgehead atoms. The molecule has 5 aromatic rings. The molecule has 9 rings (SSSR count). The maximum absolute atomic E-state index is 15.6. The Hall–Kier alpha value is -8.72. The Kier molecular flexibility index (Phi) is 16.8. The van der Waals surface area contributed by atoms with Crippen LogP contribution in [0.4, 0.5) is 16.2 Å². The molecule has 2 saturated carbocycles. The van der Waals surface area contributed by atoms with Gasteiger partial charge in [0, 0.05) is 71.6 Å². The number of aliphatic hydroxyl groups excluding tert-OH is 1. The number of carbonyl (C=O) groups excluding carboxylic acids is 6. The molecule has 3 fully saturated rings. The number of nitrogens with zero attached hydrogens (tertiary/aromatic N) is 2. The molecular formula is C63H67N5O15. The lowest BCUT2D eigenvalue weighted by Gasteiger charge is -2.67. The zero-order valence-electron chi connectivity index (χ0n) is 46.7. The fourth-order valence-electron chi connectivity index (χ4n) is 12.7. The predicted octanol–water partition coefficient (Wildman–Crippen LogP) is 7.23. The van der Waals surface area contributed by atoms with Gasteiger partial charge in [-0.05, 0) is 91.2 Å². The van der Waals surface area contributed by atoms with E-state index in [9.17, 15) is 39.6 Å². The largest absolute Gasteiger partial charge is 0.507 e. The van der Waals surface area contributed by atoms with Crippen molar-refractivity contribution in [2.24, 2.45) is 32.7 Å². The molecule has 2 amide bonds. The minimum Gasteiger partial charge on any atom is -0.507 e. The zero-order valence-corrected chi connectivity index (χ0v) is 46.7. The van der Waals surface area contributed by atoms with Crippen molar-refractivity contribution in [3.8, 4) is 11.5 Å². The molecule has 4 aliphatic rings. The van der Waals surface area contributed by atoms with E-state index < -0.39 is 113 Å². The molecular weight excluding hydrogens is 1070 g/mol. The first-order valence-electron chi connectivity index (χ1n) is 27.2. The number of carbonyl (C=O) groups is 6. The number of ether oxygens (including phenoxy) is 5. The lowest BCUT2D eigenvalue weighted by Crippen LogP contribution is -2.81. The van der Waals surface area contributed by atoms with Gasteiger partial charge in [-0.3, -0.25) is 29.7 Å². The Morgan fingerprint density at radius 1 is 0.819 bits per heavy atom. The number of aliphatic hydroxyl groups is 2. The number of anilines is 2. The molecule has 1 heterocycles. The number of aromatic hydroxyl groups is 2. The van der Waals surface area contributed by atoms with Crippen LogP contribution in [-0.4, -0.2) is 130 Å². The molecule has 20 heteroatoms. The number of nitrogens with one attached hydrogen (secondary N) is 2. The first kappa shape index (κ1) is 58.9. The SMILES string of the molecule is CC(=O)O[C@@]12CO[C@@H]1C[C@H](O)[C@@]1(C)C(=O)C(C)C3=C(C)[C@@H](OC(=O)[C@H](OC(=O)Nc4ccc(O)c(C=NCCN=Cc5cc(N)ccc5O)c4)[C@@H](NC(=O)c4ccccc4)c4ccccc4)C[C@@](O)(C(OC(=O)c4ccccc4)C12)C3(C)C. The summed E-state index contributed by atoms with van der Waals surface area (Å²) in [6.45, 7) is 9.44. The highest BCUT2D eigenvalue weighted by Crippen LogP contribution is 2.65. The fourth-order valence-corrected chi connectivity index (χ4v) is 12.7. The molecule has 434 valence electrons. The van der Waals surface area contributed by atoms with E-state index in [4.69, 9.17) is 29.4 Å². The highest BCUT2D eigenvalue weighted by Gasteiger charge is 2.77. The van der Waals surface area contributed by atoms with Gasteiger partial charge in [-0.15, -0.1) is 0 Å². The molecule has 11 atom stereocenters. The van der Waals surface area contributed by atoms with Crippen LogP contribution in [0, 0.1) is 22.7 Å². The number of phenols is 2. The van der Waals surface area contributed by atoms with Crippen LogP contribution in [-0.2, 0) is 38.1 Å². The molecule has 8 N–H and O–H groups in total. The summed E-state index contributed by atoms with van der Waals surface area (Å²) in [6.07, 6.45) is -6.73. The number of nitrogens with two attached hydrogens (primary N) is 1. The van der Waals surface area contributed by atoms with Gasteiger partial charge >= 0.3 is 24.0 Å². The van der Waals surface area contributed by atoms with Crippen molar-refractivity contribution in [1.82, 2.24) is 5.32 Å². The molecule has 0 spiro atoms. The van der Waals surface area contributed by atoms with Gasteiger partial charge in [-0.1, -0.05) is 87.5 Å². The predicted molar refractivity (Wildman–Crippen MR) is 305 cm³/mol. The van der Waals surface area contributed by atoms with Crippen LogP contribution in [0.5, 0.6) is 11.5 Å². The Labute approximate surface area is 479 Å². The number of benzene rings is 5. The van der Waals surface area contributed by atoms with E-state index in [-0.39, 0.29) is 60.0 Å². The molecule has 1 saturated heterocycles. The summed E-state index contributed by atoms with van der Waals surface area (Å²) in [6, 6.07) is 31.5. The number of phenolic OH excluding ortho intramolecular Hbond substituents is 2. The maximum atomic E-state index is 15.6. The van der Waals surface area contributed by atoms with Gasteiger partial charge in [-0.25, -0.2) is 14.4 Å². The van der Waals surface area contributed by atoms with Gasteiger partial charge < -0.3 is 55.2 Å². The van der Waals surface area contributed by atoms with Crippen molar-refractivity contribution in [2.45, 2.75) is 102 Å². The minimum absolute atomic E-state index is 0.00485. The molecule has 5 aromatic carbocycles. The Morgan fingerprint density at radius 3 is 2.01 bits per heavy atom. The molecule has 20 nitrogen and oxygen atoms in total. The van der Waals surface area contributed by atoms with E-state index >= 15 is 9.59 Å². The average molecular weight is 1130 g/mol. The molecule has 1 aliphatic heterocycles. The summed E-state index contributed by atoms with van der Waals surface area (Å²) in [4.78, 5) is 96.0. The van der Waals surface area contributed by atoms with Gasteiger partial charge in [0.05, 0.1) is 42.7 Å². The van der Waals surface area contributed by atoms with Crippen LogP contribution in [0.3, 0.4) is 0 Å². The summed E-state index contributed by atoms with van der Waals surface area (Å²) in [7, 11) is 0.